The molecule has 0 atom stereocenters. The fraction of sp³-hybridized carbons (Fsp3) is 0.200. The molecule has 1 aromatic heterocycles. The van der Waals surface area contributed by atoms with Gasteiger partial charge < -0.3 is 9.84 Å². The zero-order valence-electron chi connectivity index (χ0n) is 9.17. The number of nitrogens with one attached hydrogen (secondary N) is 1. The Balaban J connectivity index is 2.03. The molecular weight excluding hydrogens is 243 g/mol. The Bertz CT molecular complexity index is 544. The highest BCUT2D eigenvalue weighted by Gasteiger charge is 2.14. The quantitative estimate of drug-likeness (QED) is 0.643. The monoisotopic (exact) mass is 252 g/mol. The van der Waals surface area contributed by atoms with Gasteiger partial charge in [0.1, 0.15) is 11.5 Å². The van der Waals surface area contributed by atoms with Gasteiger partial charge in [0.05, 0.1) is 4.92 Å². The van der Waals surface area contributed by atoms with Crippen LogP contribution in [0, 0.1) is 15.9 Å². The zero-order chi connectivity index (χ0) is 13.0. The number of aromatic nitrogens is 2. The molecule has 1 N–H and O–H groups in total. The van der Waals surface area contributed by atoms with E-state index in [2.05, 4.69) is 15.5 Å². The second-order valence-corrected chi connectivity index (χ2v) is 3.43. The van der Waals surface area contributed by atoms with Crippen LogP contribution < -0.4 is 5.32 Å². The molecule has 0 aliphatic heterocycles. The van der Waals surface area contributed by atoms with Gasteiger partial charge in [-0.25, -0.2) is 4.39 Å². The molecule has 0 amide bonds. The van der Waals surface area contributed by atoms with Gasteiger partial charge in [-0.3, -0.25) is 10.1 Å². The van der Waals surface area contributed by atoms with E-state index in [9.17, 15) is 14.5 Å². The third-order valence-corrected chi connectivity index (χ3v) is 2.22. The van der Waals surface area contributed by atoms with Gasteiger partial charge >= 0.3 is 0 Å². The summed E-state index contributed by atoms with van der Waals surface area (Å²) in [5, 5.41) is 16.9. The van der Waals surface area contributed by atoms with Crippen molar-refractivity contribution >= 4 is 11.4 Å². The van der Waals surface area contributed by atoms with Gasteiger partial charge in [-0.15, -0.1) is 0 Å². The van der Waals surface area contributed by atoms with Crippen molar-refractivity contribution in [3.8, 4) is 0 Å². The number of nitro benzene ring substituents is 1. The lowest BCUT2D eigenvalue weighted by Crippen LogP contribution is -2.07. The standard InChI is InChI=1S/C10H9FN4O3/c11-7-1-2-9(15(16)17)8(5-7)12-4-3-10-13-6-14-18-10/h1-2,5-6,12H,3-4H2. The first kappa shape index (κ1) is 12.0. The van der Waals surface area contributed by atoms with Gasteiger partial charge in [0.2, 0.25) is 5.89 Å². The predicted octanol–water partition coefficient (Wildman–Crippen LogP) is 1.77. The van der Waals surface area contributed by atoms with Crippen LogP contribution in [-0.2, 0) is 6.42 Å². The molecule has 2 aromatic rings. The molecule has 0 aliphatic carbocycles. The van der Waals surface area contributed by atoms with Crippen LogP contribution in [0.25, 0.3) is 0 Å². The molecule has 7 nitrogen and oxygen atoms in total. The zero-order valence-corrected chi connectivity index (χ0v) is 9.17. The summed E-state index contributed by atoms with van der Waals surface area (Å²) in [6.45, 7) is 0.326. The van der Waals surface area contributed by atoms with Gasteiger partial charge in [-0.2, -0.15) is 4.98 Å². The van der Waals surface area contributed by atoms with E-state index in [1.54, 1.807) is 0 Å². The van der Waals surface area contributed by atoms with Crippen LogP contribution >= 0.6 is 0 Å². The lowest BCUT2D eigenvalue weighted by Gasteiger charge is -2.05. The van der Waals surface area contributed by atoms with Gasteiger partial charge in [-0.05, 0) is 6.07 Å². The molecule has 0 unspecified atom stereocenters. The summed E-state index contributed by atoms with van der Waals surface area (Å²) in [5.74, 6) is -0.137. The molecule has 8 heteroatoms. The number of hydrogen-bond donors (Lipinski definition) is 1. The molecule has 1 heterocycles. The smallest absolute Gasteiger partial charge is 0.292 e. The fourth-order valence-electron chi connectivity index (χ4n) is 1.42. The maximum atomic E-state index is 13.0. The van der Waals surface area contributed by atoms with E-state index in [1.165, 1.54) is 6.33 Å². The highest BCUT2D eigenvalue weighted by molar-refractivity contribution is 5.61. The van der Waals surface area contributed by atoms with Crippen molar-refractivity contribution in [2.75, 3.05) is 11.9 Å². The van der Waals surface area contributed by atoms with Gasteiger partial charge in [0.25, 0.3) is 5.69 Å². The van der Waals surface area contributed by atoms with E-state index < -0.39 is 10.7 Å². The fourth-order valence-corrected chi connectivity index (χ4v) is 1.42. The Labute approximate surface area is 101 Å². The van der Waals surface area contributed by atoms with Crippen LogP contribution in [0.3, 0.4) is 0 Å². The highest BCUT2D eigenvalue weighted by Crippen LogP contribution is 2.24. The first-order chi connectivity index (χ1) is 8.66. The Morgan fingerprint density at radius 1 is 1.50 bits per heavy atom. The highest BCUT2D eigenvalue weighted by atomic mass is 19.1. The Morgan fingerprint density at radius 2 is 2.33 bits per heavy atom. The number of nitrogens with zero attached hydrogens (tertiary/aromatic N) is 3. The predicted molar refractivity (Wildman–Crippen MR) is 59.5 cm³/mol. The molecule has 0 bridgehead atoms. The first-order valence-electron chi connectivity index (χ1n) is 5.10. The topological polar surface area (TPSA) is 94.1 Å². The van der Waals surface area contributed by atoms with Crippen LogP contribution in [0.5, 0.6) is 0 Å². The van der Waals surface area contributed by atoms with Crippen molar-refractivity contribution in [2.45, 2.75) is 6.42 Å². The van der Waals surface area contributed by atoms with E-state index in [-0.39, 0.29) is 11.4 Å². The normalized spacial score (nSPS) is 10.3. The Kier molecular flexibility index (Phi) is 3.46. The summed E-state index contributed by atoms with van der Waals surface area (Å²) in [4.78, 5) is 13.9. The molecular formula is C10H9FN4O3. The molecule has 1 aromatic carbocycles. The number of halogens is 1. The number of hydrogen-bond acceptors (Lipinski definition) is 6. The second kappa shape index (κ2) is 5.21. The molecule has 18 heavy (non-hydrogen) atoms. The van der Waals surface area contributed by atoms with Crippen LogP contribution in [0.2, 0.25) is 0 Å². The summed E-state index contributed by atoms with van der Waals surface area (Å²) in [6.07, 6.45) is 1.66. The number of rotatable bonds is 5. The molecule has 0 radical (unpaired) electrons. The summed E-state index contributed by atoms with van der Waals surface area (Å²) >= 11 is 0. The SMILES string of the molecule is O=[N+]([O-])c1ccc(F)cc1NCCc1ncno1. The molecule has 0 saturated heterocycles. The lowest BCUT2D eigenvalue weighted by atomic mass is 10.2. The van der Waals surface area contributed by atoms with Crippen LogP contribution in [0.1, 0.15) is 5.89 Å². The van der Waals surface area contributed by atoms with Crippen molar-refractivity contribution in [3.63, 3.8) is 0 Å². The van der Waals surface area contributed by atoms with Crippen LogP contribution in [0.4, 0.5) is 15.8 Å². The molecule has 0 fully saturated rings. The molecule has 94 valence electrons. The van der Waals surface area contributed by atoms with Crippen molar-refractivity contribution in [3.05, 3.63) is 46.3 Å². The number of benzene rings is 1. The summed E-state index contributed by atoms with van der Waals surface area (Å²) < 4.78 is 17.8. The maximum absolute atomic E-state index is 13.0. The summed E-state index contributed by atoms with van der Waals surface area (Å²) in [7, 11) is 0. The second-order valence-electron chi connectivity index (χ2n) is 3.43. The molecule has 2 rings (SSSR count). The number of nitro groups is 1. The van der Waals surface area contributed by atoms with Crippen LogP contribution in [-0.4, -0.2) is 21.6 Å². The third-order valence-electron chi connectivity index (χ3n) is 2.22. The minimum absolute atomic E-state index is 0.125. The Hall–Kier alpha value is -2.51. The van der Waals surface area contributed by atoms with Gasteiger partial charge in [0, 0.05) is 25.1 Å². The van der Waals surface area contributed by atoms with E-state index in [0.717, 1.165) is 18.2 Å². The average molecular weight is 252 g/mol. The van der Waals surface area contributed by atoms with Crippen LogP contribution in [0.15, 0.2) is 29.0 Å². The summed E-state index contributed by atoms with van der Waals surface area (Å²) in [6, 6.07) is 3.23. The maximum Gasteiger partial charge on any atom is 0.292 e. The van der Waals surface area contributed by atoms with E-state index in [0.29, 0.717) is 18.9 Å². The molecule has 0 aliphatic rings. The lowest BCUT2D eigenvalue weighted by molar-refractivity contribution is -0.384. The van der Waals surface area contributed by atoms with Gasteiger partial charge in [0.15, 0.2) is 6.33 Å². The first-order valence-corrected chi connectivity index (χ1v) is 5.10. The van der Waals surface area contributed by atoms with Crippen molar-refractivity contribution in [1.82, 2.24) is 10.1 Å². The Morgan fingerprint density at radius 3 is 3.00 bits per heavy atom. The van der Waals surface area contributed by atoms with Crippen molar-refractivity contribution < 1.29 is 13.8 Å². The molecule has 0 spiro atoms. The minimum Gasteiger partial charge on any atom is -0.379 e. The van der Waals surface area contributed by atoms with Gasteiger partial charge in [-0.1, -0.05) is 5.16 Å². The average Bonchev–Trinajstić information content (AvgIpc) is 2.82. The summed E-state index contributed by atoms with van der Waals surface area (Å²) in [5.41, 5.74) is -0.0542. The van der Waals surface area contributed by atoms with E-state index >= 15 is 0 Å². The van der Waals surface area contributed by atoms with Crippen molar-refractivity contribution in [2.24, 2.45) is 0 Å². The molecule has 0 saturated carbocycles. The van der Waals surface area contributed by atoms with E-state index in [1.807, 2.05) is 0 Å². The number of anilines is 1. The largest absolute Gasteiger partial charge is 0.379 e. The third kappa shape index (κ3) is 2.78. The van der Waals surface area contributed by atoms with Crippen molar-refractivity contribution in [1.29, 1.82) is 0 Å². The van der Waals surface area contributed by atoms with E-state index in [4.69, 9.17) is 4.52 Å². The minimum atomic E-state index is -0.575.